The molecular weight excluding hydrogens is 276 g/mol. The number of hydrogen-bond donors (Lipinski definition) is 0. The van der Waals surface area contributed by atoms with E-state index in [0.717, 1.165) is 31.6 Å². The van der Waals surface area contributed by atoms with E-state index >= 15 is 0 Å². The quantitative estimate of drug-likeness (QED) is 0.856. The number of nitrogens with zero attached hydrogens (tertiary/aromatic N) is 2. The van der Waals surface area contributed by atoms with E-state index < -0.39 is 0 Å². The number of ether oxygens (including phenoxy) is 1. The zero-order chi connectivity index (χ0) is 14.4. The van der Waals surface area contributed by atoms with Crippen LogP contribution in [0.2, 0.25) is 5.02 Å². The maximum atomic E-state index is 12.0. The van der Waals surface area contributed by atoms with E-state index in [-0.39, 0.29) is 12.7 Å². The smallest absolute Gasteiger partial charge is 0.410 e. The second kappa shape index (κ2) is 7.50. The summed E-state index contributed by atoms with van der Waals surface area (Å²) in [5.74, 6) is 0. The van der Waals surface area contributed by atoms with Crippen molar-refractivity contribution in [2.45, 2.75) is 13.0 Å². The number of rotatable bonds is 4. The first-order valence-electron chi connectivity index (χ1n) is 6.87. The van der Waals surface area contributed by atoms with Crippen LogP contribution in [-0.4, -0.2) is 48.6 Å². The molecule has 5 heteroatoms. The van der Waals surface area contributed by atoms with Crippen LogP contribution >= 0.6 is 11.6 Å². The Hall–Kier alpha value is -1.26. The molecule has 0 spiro atoms. The number of benzene rings is 1. The minimum atomic E-state index is -0.251. The molecule has 1 fully saturated rings. The Balaban J connectivity index is 1.76. The molecule has 1 aliphatic heterocycles. The van der Waals surface area contributed by atoms with Crippen LogP contribution in [0.5, 0.6) is 0 Å². The molecule has 0 atom stereocenters. The maximum Gasteiger partial charge on any atom is 0.410 e. The van der Waals surface area contributed by atoms with Crippen molar-refractivity contribution >= 4 is 17.7 Å². The lowest BCUT2D eigenvalue weighted by molar-refractivity contribution is 0.0720. The van der Waals surface area contributed by atoms with Gasteiger partial charge < -0.3 is 9.64 Å². The van der Waals surface area contributed by atoms with Crippen molar-refractivity contribution < 1.29 is 9.53 Å². The molecule has 20 heavy (non-hydrogen) atoms. The minimum absolute atomic E-state index is 0.251. The van der Waals surface area contributed by atoms with E-state index in [2.05, 4.69) is 11.8 Å². The number of amides is 1. The maximum absolute atomic E-state index is 12.0. The normalized spacial score (nSPS) is 16.2. The standard InChI is InChI=1S/C15H20ClN2O2/c1-2-6-17-7-9-18(10-8-17)15(19)20-12-13-4-3-5-14(16)11-13/h3-5,11H,1-2,6-10,12H2. The minimum Gasteiger partial charge on any atom is -0.445 e. The van der Waals surface area contributed by atoms with Crippen LogP contribution in [0, 0.1) is 6.92 Å². The Morgan fingerprint density at radius 1 is 1.30 bits per heavy atom. The molecular formula is C15H20ClN2O2. The largest absolute Gasteiger partial charge is 0.445 e. The van der Waals surface area contributed by atoms with Gasteiger partial charge in [0.15, 0.2) is 0 Å². The van der Waals surface area contributed by atoms with Gasteiger partial charge in [0.1, 0.15) is 6.61 Å². The Morgan fingerprint density at radius 2 is 2.05 bits per heavy atom. The summed E-state index contributed by atoms with van der Waals surface area (Å²) in [5.41, 5.74) is 0.904. The fourth-order valence-electron chi connectivity index (χ4n) is 2.24. The van der Waals surface area contributed by atoms with E-state index in [0.29, 0.717) is 18.1 Å². The van der Waals surface area contributed by atoms with Crippen LogP contribution < -0.4 is 0 Å². The summed E-state index contributed by atoms with van der Waals surface area (Å²) in [5, 5.41) is 0.653. The highest BCUT2D eigenvalue weighted by molar-refractivity contribution is 6.30. The van der Waals surface area contributed by atoms with Gasteiger partial charge in [0.2, 0.25) is 0 Å². The second-order valence-corrected chi connectivity index (χ2v) is 5.30. The molecule has 2 rings (SSSR count). The van der Waals surface area contributed by atoms with Crippen LogP contribution in [0.3, 0.4) is 0 Å². The van der Waals surface area contributed by atoms with Gasteiger partial charge in [0.25, 0.3) is 0 Å². The van der Waals surface area contributed by atoms with E-state index in [4.69, 9.17) is 16.3 Å². The van der Waals surface area contributed by atoms with E-state index in [1.807, 2.05) is 12.1 Å². The van der Waals surface area contributed by atoms with Gasteiger partial charge in [-0.25, -0.2) is 4.79 Å². The molecule has 0 unspecified atom stereocenters. The monoisotopic (exact) mass is 295 g/mol. The number of piperazine rings is 1. The molecule has 0 saturated carbocycles. The molecule has 0 N–H and O–H groups in total. The number of hydrogen-bond acceptors (Lipinski definition) is 3. The molecule has 0 bridgehead atoms. The summed E-state index contributed by atoms with van der Waals surface area (Å²) in [6.45, 7) is 8.31. The highest BCUT2D eigenvalue weighted by Gasteiger charge is 2.21. The van der Waals surface area contributed by atoms with Crippen LogP contribution in [0.25, 0.3) is 0 Å². The molecule has 1 aromatic carbocycles. The van der Waals surface area contributed by atoms with Gasteiger partial charge in [0, 0.05) is 31.2 Å². The molecule has 1 saturated heterocycles. The summed E-state index contributed by atoms with van der Waals surface area (Å²) in [7, 11) is 0. The first kappa shape index (κ1) is 15.1. The fourth-order valence-corrected chi connectivity index (χ4v) is 2.45. The fraction of sp³-hybridized carbons (Fsp3) is 0.467. The first-order valence-corrected chi connectivity index (χ1v) is 7.24. The molecule has 109 valence electrons. The zero-order valence-electron chi connectivity index (χ0n) is 11.6. The lowest BCUT2D eigenvalue weighted by Crippen LogP contribution is -2.48. The third-order valence-corrected chi connectivity index (χ3v) is 3.59. The zero-order valence-corrected chi connectivity index (χ0v) is 12.3. The molecule has 4 nitrogen and oxygen atoms in total. The molecule has 0 aliphatic carbocycles. The van der Waals surface area contributed by atoms with Crippen LogP contribution in [0.4, 0.5) is 4.79 Å². The average Bonchev–Trinajstić information content (AvgIpc) is 2.46. The van der Waals surface area contributed by atoms with Gasteiger partial charge in [-0.15, -0.1) is 0 Å². The molecule has 1 radical (unpaired) electrons. The third kappa shape index (κ3) is 4.39. The molecule has 1 aliphatic rings. The summed E-state index contributed by atoms with van der Waals surface area (Å²) < 4.78 is 5.32. The van der Waals surface area contributed by atoms with Crippen LogP contribution in [0.15, 0.2) is 24.3 Å². The molecule has 0 aromatic heterocycles. The number of halogens is 1. The first-order chi connectivity index (χ1) is 9.69. The van der Waals surface area contributed by atoms with E-state index in [1.54, 1.807) is 17.0 Å². The van der Waals surface area contributed by atoms with Gasteiger partial charge in [-0.1, -0.05) is 30.7 Å². The Labute approximate surface area is 125 Å². The van der Waals surface area contributed by atoms with Gasteiger partial charge in [-0.05, 0) is 30.7 Å². The Morgan fingerprint density at radius 3 is 2.70 bits per heavy atom. The van der Waals surface area contributed by atoms with Crippen molar-refractivity contribution in [2.75, 3.05) is 32.7 Å². The lowest BCUT2D eigenvalue weighted by Gasteiger charge is -2.33. The van der Waals surface area contributed by atoms with Crippen molar-refractivity contribution in [2.24, 2.45) is 0 Å². The summed E-state index contributed by atoms with van der Waals surface area (Å²) in [4.78, 5) is 16.0. The molecule has 1 heterocycles. The van der Waals surface area contributed by atoms with Crippen molar-refractivity contribution in [1.82, 2.24) is 9.80 Å². The van der Waals surface area contributed by atoms with Crippen LogP contribution in [0.1, 0.15) is 12.0 Å². The predicted octanol–water partition coefficient (Wildman–Crippen LogP) is 2.82. The lowest BCUT2D eigenvalue weighted by atomic mass is 10.2. The van der Waals surface area contributed by atoms with Crippen molar-refractivity contribution in [1.29, 1.82) is 0 Å². The van der Waals surface area contributed by atoms with E-state index in [9.17, 15) is 4.79 Å². The van der Waals surface area contributed by atoms with Crippen molar-refractivity contribution in [3.8, 4) is 0 Å². The Bertz CT molecular complexity index is 445. The number of carbonyl (C=O) groups excluding carboxylic acids is 1. The number of carbonyl (C=O) groups is 1. The topological polar surface area (TPSA) is 32.8 Å². The van der Waals surface area contributed by atoms with Gasteiger partial charge in [0.05, 0.1) is 0 Å². The third-order valence-electron chi connectivity index (χ3n) is 3.36. The second-order valence-electron chi connectivity index (χ2n) is 4.87. The summed E-state index contributed by atoms with van der Waals surface area (Å²) in [6.07, 6.45) is 0.651. The molecule has 1 aromatic rings. The molecule has 1 amide bonds. The van der Waals surface area contributed by atoms with Gasteiger partial charge in [-0.3, -0.25) is 4.90 Å². The van der Waals surface area contributed by atoms with Gasteiger partial charge >= 0.3 is 6.09 Å². The van der Waals surface area contributed by atoms with Crippen LogP contribution in [-0.2, 0) is 11.3 Å². The summed E-state index contributed by atoms with van der Waals surface area (Å²) >= 11 is 5.89. The van der Waals surface area contributed by atoms with E-state index in [1.165, 1.54) is 0 Å². The highest BCUT2D eigenvalue weighted by Crippen LogP contribution is 2.12. The van der Waals surface area contributed by atoms with Crippen molar-refractivity contribution in [3.05, 3.63) is 41.8 Å². The van der Waals surface area contributed by atoms with Gasteiger partial charge in [-0.2, -0.15) is 0 Å². The summed E-state index contributed by atoms with van der Waals surface area (Å²) in [6, 6.07) is 7.35. The SMILES string of the molecule is [CH2]CCN1CCN(C(=O)OCc2cccc(Cl)c2)CC1. The predicted molar refractivity (Wildman–Crippen MR) is 79.6 cm³/mol. The highest BCUT2D eigenvalue weighted by atomic mass is 35.5. The van der Waals surface area contributed by atoms with Crippen molar-refractivity contribution in [3.63, 3.8) is 0 Å². The Kier molecular flexibility index (Phi) is 5.68. The average molecular weight is 296 g/mol.